The van der Waals surface area contributed by atoms with Crippen LogP contribution in [0.1, 0.15) is 31.7 Å². The molecule has 1 saturated heterocycles. The Morgan fingerprint density at radius 3 is 2.75 bits per heavy atom. The quantitative estimate of drug-likeness (QED) is 0.893. The van der Waals surface area contributed by atoms with Crippen LogP contribution in [0.2, 0.25) is 0 Å². The molecule has 0 aliphatic carbocycles. The molecule has 0 aromatic carbocycles. The largest absolute Gasteiger partial charge is 0.352 e. The maximum absolute atomic E-state index is 11.9. The first-order valence-electron chi connectivity index (χ1n) is 6.67. The Morgan fingerprint density at radius 1 is 1.40 bits per heavy atom. The number of aromatic nitrogens is 1. The van der Waals surface area contributed by atoms with E-state index in [0.29, 0.717) is 12.5 Å². The number of rotatable bonds is 4. The van der Waals surface area contributed by atoms with E-state index in [1.54, 1.807) is 12.4 Å². The third-order valence-corrected chi connectivity index (χ3v) is 3.50. The molecule has 2 heterocycles. The first-order valence-corrected chi connectivity index (χ1v) is 6.67. The van der Waals surface area contributed by atoms with Crippen molar-refractivity contribution < 1.29 is 4.79 Å². The number of piperidine rings is 1. The van der Waals surface area contributed by atoms with Crippen LogP contribution in [0.4, 0.5) is 0 Å². The predicted molar refractivity (Wildman–Crippen MR) is 85.7 cm³/mol. The summed E-state index contributed by atoms with van der Waals surface area (Å²) < 4.78 is 0. The van der Waals surface area contributed by atoms with Gasteiger partial charge >= 0.3 is 0 Å². The number of hydrogen-bond donors (Lipinski definition) is 2. The van der Waals surface area contributed by atoms with Gasteiger partial charge in [-0.3, -0.25) is 9.78 Å². The lowest BCUT2D eigenvalue weighted by Gasteiger charge is -2.30. The van der Waals surface area contributed by atoms with E-state index in [1.165, 1.54) is 0 Å². The average molecular weight is 320 g/mol. The van der Waals surface area contributed by atoms with Gasteiger partial charge in [0, 0.05) is 30.9 Å². The van der Waals surface area contributed by atoms with Gasteiger partial charge in [-0.25, -0.2) is 0 Å². The van der Waals surface area contributed by atoms with Gasteiger partial charge in [-0.05, 0) is 50.4 Å². The molecule has 2 unspecified atom stereocenters. The smallest absolute Gasteiger partial charge is 0.220 e. The zero-order valence-corrected chi connectivity index (χ0v) is 13.3. The molecule has 114 valence electrons. The van der Waals surface area contributed by atoms with E-state index in [9.17, 15) is 4.79 Å². The van der Waals surface area contributed by atoms with Crippen LogP contribution in [-0.2, 0) is 11.2 Å². The molecule has 1 fully saturated rings. The highest BCUT2D eigenvalue weighted by Crippen LogP contribution is 2.09. The van der Waals surface area contributed by atoms with Crippen LogP contribution in [0, 0.1) is 0 Å². The van der Waals surface area contributed by atoms with Crippen molar-refractivity contribution in [1.29, 1.82) is 0 Å². The zero-order valence-electron chi connectivity index (χ0n) is 11.7. The molecule has 1 aromatic heterocycles. The Hall–Kier alpha value is -0.840. The van der Waals surface area contributed by atoms with Crippen LogP contribution >= 0.6 is 24.8 Å². The van der Waals surface area contributed by atoms with E-state index in [1.807, 2.05) is 12.1 Å². The number of aryl methyl sites for hydroxylation is 1. The Bertz CT molecular complexity index is 389. The van der Waals surface area contributed by atoms with Crippen LogP contribution in [-0.4, -0.2) is 29.5 Å². The van der Waals surface area contributed by atoms with E-state index < -0.39 is 0 Å². The molecule has 1 aliphatic rings. The van der Waals surface area contributed by atoms with E-state index in [4.69, 9.17) is 0 Å². The second-order valence-corrected chi connectivity index (χ2v) is 4.91. The number of carbonyl (C=O) groups excluding carboxylic acids is 1. The molecule has 1 aromatic rings. The summed E-state index contributed by atoms with van der Waals surface area (Å²) in [4.78, 5) is 15.8. The zero-order chi connectivity index (χ0) is 12.8. The normalized spacial score (nSPS) is 21.2. The summed E-state index contributed by atoms with van der Waals surface area (Å²) in [6.45, 7) is 3.19. The molecule has 0 radical (unpaired) electrons. The van der Waals surface area contributed by atoms with Crippen molar-refractivity contribution in [2.45, 2.75) is 44.7 Å². The highest BCUT2D eigenvalue weighted by molar-refractivity contribution is 5.85. The fraction of sp³-hybridized carbons (Fsp3) is 0.571. The number of hydrogen-bond acceptors (Lipinski definition) is 3. The molecule has 6 heteroatoms. The monoisotopic (exact) mass is 319 g/mol. The molecule has 1 aliphatic heterocycles. The van der Waals surface area contributed by atoms with Crippen LogP contribution in [0.5, 0.6) is 0 Å². The van der Waals surface area contributed by atoms with E-state index >= 15 is 0 Å². The van der Waals surface area contributed by atoms with Gasteiger partial charge in [0.1, 0.15) is 0 Å². The fourth-order valence-electron chi connectivity index (χ4n) is 2.33. The third-order valence-electron chi connectivity index (χ3n) is 3.50. The van der Waals surface area contributed by atoms with Crippen molar-refractivity contribution in [1.82, 2.24) is 15.6 Å². The van der Waals surface area contributed by atoms with Gasteiger partial charge < -0.3 is 10.6 Å². The Kier molecular flexibility index (Phi) is 9.55. The Labute approximate surface area is 132 Å². The summed E-state index contributed by atoms with van der Waals surface area (Å²) in [6, 6.07) is 4.57. The first-order chi connectivity index (χ1) is 8.75. The summed E-state index contributed by atoms with van der Waals surface area (Å²) >= 11 is 0. The maximum atomic E-state index is 11.9. The van der Waals surface area contributed by atoms with E-state index in [0.717, 1.165) is 31.4 Å². The third kappa shape index (κ3) is 6.07. The molecule has 1 amide bonds. The van der Waals surface area contributed by atoms with Gasteiger partial charge in [0.15, 0.2) is 0 Å². The molecule has 0 spiro atoms. The number of carbonyl (C=O) groups is 1. The summed E-state index contributed by atoms with van der Waals surface area (Å²) in [6.07, 6.45) is 7.08. The van der Waals surface area contributed by atoms with Crippen LogP contribution < -0.4 is 10.6 Å². The fourth-order valence-corrected chi connectivity index (χ4v) is 2.33. The van der Waals surface area contributed by atoms with Crippen LogP contribution in [0.3, 0.4) is 0 Å². The van der Waals surface area contributed by atoms with Crippen molar-refractivity contribution >= 4 is 30.7 Å². The van der Waals surface area contributed by atoms with Crippen LogP contribution in [0.25, 0.3) is 0 Å². The molecule has 0 saturated carbocycles. The number of halogens is 2. The van der Waals surface area contributed by atoms with Gasteiger partial charge in [-0.1, -0.05) is 0 Å². The molecular formula is C14H23Cl2N3O. The summed E-state index contributed by atoms with van der Waals surface area (Å²) in [5.74, 6) is 0.146. The SMILES string of the molecule is CC1NCCCC1NC(=O)CCc1ccncc1.Cl.Cl. The predicted octanol–water partition coefficient (Wildman–Crippen LogP) is 2.11. The second kappa shape index (κ2) is 9.97. The van der Waals surface area contributed by atoms with Crippen molar-refractivity contribution in [3.05, 3.63) is 30.1 Å². The van der Waals surface area contributed by atoms with Crippen molar-refractivity contribution in [2.24, 2.45) is 0 Å². The summed E-state index contributed by atoms with van der Waals surface area (Å²) in [5.41, 5.74) is 1.16. The highest BCUT2D eigenvalue weighted by Gasteiger charge is 2.21. The molecule has 20 heavy (non-hydrogen) atoms. The lowest BCUT2D eigenvalue weighted by molar-refractivity contribution is -0.122. The standard InChI is InChI=1S/C14H21N3O.2ClH/c1-11-13(3-2-8-16-11)17-14(18)5-4-12-6-9-15-10-7-12;;/h6-7,9-11,13,16H,2-5,8H2,1H3,(H,17,18);2*1H. The van der Waals surface area contributed by atoms with Gasteiger partial charge in [0.2, 0.25) is 5.91 Å². The maximum Gasteiger partial charge on any atom is 0.220 e. The minimum atomic E-state index is 0. The van der Waals surface area contributed by atoms with Gasteiger partial charge in [0.25, 0.3) is 0 Å². The number of amides is 1. The number of nitrogens with one attached hydrogen (secondary N) is 2. The van der Waals surface area contributed by atoms with Gasteiger partial charge in [-0.2, -0.15) is 0 Å². The van der Waals surface area contributed by atoms with E-state index in [-0.39, 0.29) is 36.8 Å². The molecular weight excluding hydrogens is 297 g/mol. The van der Waals surface area contributed by atoms with Crippen molar-refractivity contribution in [3.8, 4) is 0 Å². The Balaban J connectivity index is 0.00000180. The average Bonchev–Trinajstić information content (AvgIpc) is 2.40. The molecule has 0 bridgehead atoms. The van der Waals surface area contributed by atoms with Crippen molar-refractivity contribution in [3.63, 3.8) is 0 Å². The molecule has 2 N–H and O–H groups in total. The number of nitrogens with zero attached hydrogens (tertiary/aromatic N) is 1. The molecule has 4 nitrogen and oxygen atoms in total. The lowest BCUT2D eigenvalue weighted by Crippen LogP contribution is -2.51. The number of pyridine rings is 1. The first kappa shape index (κ1) is 19.2. The Morgan fingerprint density at radius 2 is 2.10 bits per heavy atom. The van der Waals surface area contributed by atoms with Gasteiger partial charge in [0.05, 0.1) is 0 Å². The minimum Gasteiger partial charge on any atom is -0.352 e. The summed E-state index contributed by atoms with van der Waals surface area (Å²) in [5, 5.41) is 6.51. The topological polar surface area (TPSA) is 54.0 Å². The molecule has 2 rings (SSSR count). The van der Waals surface area contributed by atoms with Crippen LogP contribution in [0.15, 0.2) is 24.5 Å². The minimum absolute atomic E-state index is 0. The van der Waals surface area contributed by atoms with E-state index in [2.05, 4.69) is 22.5 Å². The summed E-state index contributed by atoms with van der Waals surface area (Å²) in [7, 11) is 0. The highest BCUT2D eigenvalue weighted by atomic mass is 35.5. The van der Waals surface area contributed by atoms with Crippen molar-refractivity contribution in [2.75, 3.05) is 6.54 Å². The second-order valence-electron chi connectivity index (χ2n) is 4.91. The lowest BCUT2D eigenvalue weighted by atomic mass is 9.99. The van der Waals surface area contributed by atoms with Gasteiger partial charge in [-0.15, -0.1) is 24.8 Å². The molecule has 2 atom stereocenters.